The summed E-state index contributed by atoms with van der Waals surface area (Å²) in [6.07, 6.45) is 1.32. The molecule has 28 heavy (non-hydrogen) atoms. The Labute approximate surface area is 160 Å². The molecule has 0 aliphatic carbocycles. The van der Waals surface area contributed by atoms with Gasteiger partial charge in [0.15, 0.2) is 17.2 Å². The fourth-order valence-electron chi connectivity index (χ4n) is 2.54. The molecule has 0 fully saturated rings. The second-order valence-electron chi connectivity index (χ2n) is 5.55. The number of alkyl halides is 2. The van der Waals surface area contributed by atoms with Crippen LogP contribution in [-0.4, -0.2) is 32.2 Å². The van der Waals surface area contributed by atoms with E-state index in [1.54, 1.807) is 44.4 Å². The van der Waals surface area contributed by atoms with Crippen molar-refractivity contribution < 1.29 is 32.5 Å². The lowest BCUT2D eigenvalue weighted by Crippen LogP contribution is -2.07. The van der Waals surface area contributed by atoms with E-state index in [9.17, 15) is 13.6 Å². The van der Waals surface area contributed by atoms with Gasteiger partial charge in [-0.3, -0.25) is 0 Å². The molecule has 2 aromatic carbocycles. The van der Waals surface area contributed by atoms with E-state index in [0.29, 0.717) is 11.3 Å². The summed E-state index contributed by atoms with van der Waals surface area (Å²) in [5.74, 6) is 0.0217. The lowest BCUT2D eigenvalue weighted by atomic mass is 10.1. The molecule has 0 amide bonds. The van der Waals surface area contributed by atoms with Gasteiger partial charge in [-0.15, -0.1) is 0 Å². The molecule has 3 rings (SSSR count). The number of hydrogen-bond donors (Lipinski definition) is 0. The van der Waals surface area contributed by atoms with E-state index >= 15 is 0 Å². The van der Waals surface area contributed by atoms with Crippen molar-refractivity contribution in [2.45, 2.75) is 13.5 Å². The zero-order valence-corrected chi connectivity index (χ0v) is 15.1. The minimum atomic E-state index is -3.05. The summed E-state index contributed by atoms with van der Waals surface area (Å²) in [6, 6.07) is 11.4. The lowest BCUT2D eigenvalue weighted by molar-refractivity contribution is -0.129. The number of halogens is 2. The summed E-state index contributed by atoms with van der Waals surface area (Å²) >= 11 is 0. The molecule has 0 unspecified atom stereocenters. The van der Waals surface area contributed by atoms with Crippen LogP contribution >= 0.6 is 0 Å². The number of hydrogen-bond acceptors (Lipinski definition) is 6. The van der Waals surface area contributed by atoms with Gasteiger partial charge >= 0.3 is 12.6 Å². The van der Waals surface area contributed by atoms with E-state index in [1.807, 2.05) is 0 Å². The Morgan fingerprint density at radius 2 is 1.93 bits per heavy atom. The van der Waals surface area contributed by atoms with Crippen molar-refractivity contribution in [3.63, 3.8) is 0 Å². The second kappa shape index (κ2) is 8.51. The fourth-order valence-corrected chi connectivity index (χ4v) is 2.54. The Morgan fingerprint density at radius 1 is 1.18 bits per heavy atom. The van der Waals surface area contributed by atoms with Crippen LogP contribution < -0.4 is 14.2 Å². The number of carbonyl (C=O) groups excluding carboxylic acids is 1. The molecule has 0 bridgehead atoms. The molecule has 6 nitrogen and oxygen atoms in total. The van der Waals surface area contributed by atoms with Crippen LogP contribution in [0.5, 0.6) is 17.2 Å². The van der Waals surface area contributed by atoms with Crippen LogP contribution in [0.4, 0.5) is 8.78 Å². The molecule has 0 spiro atoms. The predicted molar refractivity (Wildman–Crippen MR) is 97.8 cm³/mol. The first-order chi connectivity index (χ1) is 13.5. The molecule has 8 heteroatoms. The zero-order chi connectivity index (χ0) is 20.1. The molecule has 146 valence electrons. The third-order valence-corrected chi connectivity index (χ3v) is 3.77. The number of esters is 1. The highest BCUT2D eigenvalue weighted by Crippen LogP contribution is 2.35. The predicted octanol–water partition coefficient (Wildman–Crippen LogP) is 4.04. The van der Waals surface area contributed by atoms with Gasteiger partial charge in [-0.05, 0) is 43.3 Å². The van der Waals surface area contributed by atoms with Crippen molar-refractivity contribution in [3.05, 3.63) is 59.3 Å². The van der Waals surface area contributed by atoms with Crippen LogP contribution in [-0.2, 0) is 9.53 Å². The van der Waals surface area contributed by atoms with Crippen molar-refractivity contribution in [1.82, 2.24) is 0 Å². The van der Waals surface area contributed by atoms with Crippen molar-refractivity contribution in [1.29, 1.82) is 0 Å². The van der Waals surface area contributed by atoms with Crippen LogP contribution in [0.15, 0.2) is 53.2 Å². The van der Waals surface area contributed by atoms with Crippen molar-refractivity contribution in [3.8, 4) is 17.2 Å². The van der Waals surface area contributed by atoms with Crippen LogP contribution in [0.2, 0.25) is 0 Å². The van der Waals surface area contributed by atoms with Crippen LogP contribution in [0, 0.1) is 0 Å². The fraction of sp³-hybridized carbons (Fsp3) is 0.200. The van der Waals surface area contributed by atoms with Crippen molar-refractivity contribution >= 4 is 17.9 Å². The number of rotatable bonds is 7. The number of para-hydroxylation sites is 1. The zero-order valence-electron chi connectivity index (χ0n) is 15.1. The Balaban J connectivity index is 1.96. The summed E-state index contributed by atoms with van der Waals surface area (Å²) in [5.41, 5.74) is 0.751. The van der Waals surface area contributed by atoms with Gasteiger partial charge in [-0.1, -0.05) is 12.1 Å². The van der Waals surface area contributed by atoms with E-state index in [-0.39, 0.29) is 35.3 Å². The molecule has 0 saturated carbocycles. The first-order valence-electron chi connectivity index (χ1n) is 8.39. The van der Waals surface area contributed by atoms with Crippen LogP contribution in [0.25, 0.3) is 6.08 Å². The summed E-state index contributed by atoms with van der Waals surface area (Å²) in [5, 5.41) is 0. The van der Waals surface area contributed by atoms with E-state index in [1.165, 1.54) is 18.2 Å². The van der Waals surface area contributed by atoms with Gasteiger partial charge < -0.3 is 18.9 Å². The largest absolute Gasteiger partial charge is 0.497 e. The Bertz CT molecular complexity index is 923. The molecule has 1 aliphatic heterocycles. The smallest absolute Gasteiger partial charge is 0.387 e. The second-order valence-corrected chi connectivity index (χ2v) is 5.55. The maximum atomic E-state index is 12.8. The highest BCUT2D eigenvalue weighted by atomic mass is 19.3. The third-order valence-electron chi connectivity index (χ3n) is 3.77. The molecule has 1 heterocycles. The first-order valence-corrected chi connectivity index (χ1v) is 8.39. The Morgan fingerprint density at radius 3 is 2.57 bits per heavy atom. The number of nitrogens with zero attached hydrogens (tertiary/aromatic N) is 1. The molecule has 0 aromatic heterocycles. The third kappa shape index (κ3) is 4.28. The van der Waals surface area contributed by atoms with Gasteiger partial charge in [0, 0.05) is 11.1 Å². The minimum Gasteiger partial charge on any atom is -0.497 e. The standard InChI is InChI=1S/C20H17F2NO5/c1-3-26-16-6-4-5-13(17(16)27-20(21)22)11-15-19(24)28-18(23-15)12-7-9-14(25-2)10-8-12/h4-11,20H,3H2,1-2H3/b15-11-. The average Bonchev–Trinajstić information content (AvgIpc) is 3.04. The SMILES string of the molecule is CCOc1cccc(/C=C2\N=C(c3ccc(OC)cc3)OC2=O)c1OC(F)F. The van der Waals surface area contributed by atoms with Gasteiger partial charge in [0.25, 0.3) is 0 Å². The minimum absolute atomic E-state index is 0.0430. The van der Waals surface area contributed by atoms with Gasteiger partial charge in [0.2, 0.25) is 5.90 Å². The molecular weight excluding hydrogens is 372 g/mol. The molecule has 1 aliphatic rings. The maximum Gasteiger partial charge on any atom is 0.387 e. The van der Waals surface area contributed by atoms with Gasteiger partial charge in [0.1, 0.15) is 5.75 Å². The van der Waals surface area contributed by atoms with Gasteiger partial charge in [0.05, 0.1) is 13.7 Å². The summed E-state index contributed by atoms with van der Waals surface area (Å²) in [6.45, 7) is -1.06. The number of methoxy groups -OCH3 is 1. The van der Waals surface area contributed by atoms with E-state index in [0.717, 1.165) is 0 Å². The summed E-state index contributed by atoms with van der Waals surface area (Å²) in [7, 11) is 1.54. The van der Waals surface area contributed by atoms with Crippen LogP contribution in [0.3, 0.4) is 0 Å². The monoisotopic (exact) mass is 389 g/mol. The lowest BCUT2D eigenvalue weighted by Gasteiger charge is -2.13. The number of cyclic esters (lactones) is 1. The van der Waals surface area contributed by atoms with Gasteiger partial charge in [-0.2, -0.15) is 8.78 Å². The molecular formula is C20H17F2NO5. The molecule has 0 radical (unpaired) electrons. The first kappa shape index (κ1) is 19.3. The average molecular weight is 389 g/mol. The quantitative estimate of drug-likeness (QED) is 0.528. The molecule has 0 saturated heterocycles. The van der Waals surface area contributed by atoms with E-state index in [4.69, 9.17) is 14.2 Å². The summed E-state index contributed by atoms with van der Waals surface area (Å²) < 4.78 is 45.9. The topological polar surface area (TPSA) is 66.3 Å². The van der Waals surface area contributed by atoms with E-state index in [2.05, 4.69) is 9.73 Å². The molecule has 0 atom stereocenters. The van der Waals surface area contributed by atoms with Crippen LogP contribution in [0.1, 0.15) is 18.1 Å². The molecule has 0 N–H and O–H groups in total. The normalized spacial score (nSPS) is 14.8. The Kier molecular flexibility index (Phi) is 5.88. The summed E-state index contributed by atoms with van der Waals surface area (Å²) in [4.78, 5) is 16.3. The number of benzene rings is 2. The van der Waals surface area contributed by atoms with E-state index < -0.39 is 12.6 Å². The number of carbonyl (C=O) groups is 1. The highest BCUT2D eigenvalue weighted by molar-refractivity contribution is 6.13. The maximum absolute atomic E-state index is 12.8. The van der Waals surface area contributed by atoms with Crippen molar-refractivity contribution in [2.24, 2.45) is 4.99 Å². The molecule has 2 aromatic rings. The highest BCUT2D eigenvalue weighted by Gasteiger charge is 2.25. The van der Waals surface area contributed by atoms with Gasteiger partial charge in [-0.25, -0.2) is 9.79 Å². The number of ether oxygens (including phenoxy) is 4. The number of aliphatic imine (C=N–C) groups is 1. The van der Waals surface area contributed by atoms with Crippen molar-refractivity contribution in [2.75, 3.05) is 13.7 Å². The Hall–Kier alpha value is -3.42.